The minimum Gasteiger partial charge on any atom is -0.490 e. The van der Waals surface area contributed by atoms with Gasteiger partial charge in [-0.05, 0) is 19.1 Å². The maximum absolute atomic E-state index is 12.8. The molecule has 30 heavy (non-hydrogen) atoms. The highest BCUT2D eigenvalue weighted by Crippen LogP contribution is 2.32. The van der Waals surface area contributed by atoms with Crippen LogP contribution >= 0.6 is 35.6 Å². The highest BCUT2D eigenvalue weighted by molar-refractivity contribution is 14.0. The SMILES string of the molecule is CCOc1cccc(CNC(=NC)NCCOc2ccc(Cl)cn2)c1OC(F)F.I. The molecule has 0 aliphatic heterocycles. The Kier molecular flexibility index (Phi) is 12.1. The van der Waals surface area contributed by atoms with Crippen molar-refractivity contribution >= 4 is 41.5 Å². The standard InChI is InChI=1S/C19H23ClF2N4O3.HI/c1-3-27-15-6-4-5-13(17(15)29-18(21)22)11-26-19(23-2)24-9-10-28-16-8-7-14(20)12-25-16;/h4-8,12,18H,3,9-11H2,1-2H3,(H2,23,24,26);1H. The molecule has 0 amide bonds. The van der Waals surface area contributed by atoms with Gasteiger partial charge in [0.2, 0.25) is 5.88 Å². The zero-order valence-electron chi connectivity index (χ0n) is 16.5. The molecule has 0 aliphatic carbocycles. The number of nitrogens with one attached hydrogen (secondary N) is 2. The Morgan fingerprint density at radius 2 is 2.00 bits per heavy atom. The van der Waals surface area contributed by atoms with E-state index in [1.165, 1.54) is 6.20 Å². The maximum atomic E-state index is 12.8. The maximum Gasteiger partial charge on any atom is 0.387 e. The number of guanidine groups is 1. The molecule has 0 radical (unpaired) electrons. The zero-order chi connectivity index (χ0) is 21.1. The number of halogens is 4. The van der Waals surface area contributed by atoms with Crippen molar-refractivity contribution < 1.29 is 23.0 Å². The van der Waals surface area contributed by atoms with Gasteiger partial charge in [0.15, 0.2) is 17.5 Å². The molecule has 1 aromatic carbocycles. The third-order valence-corrected chi connectivity index (χ3v) is 3.81. The van der Waals surface area contributed by atoms with E-state index in [1.807, 2.05) is 0 Å². The minimum atomic E-state index is -2.95. The van der Waals surface area contributed by atoms with E-state index >= 15 is 0 Å². The number of ether oxygens (including phenoxy) is 3. The lowest BCUT2D eigenvalue weighted by Crippen LogP contribution is -2.39. The molecule has 0 bridgehead atoms. The summed E-state index contributed by atoms with van der Waals surface area (Å²) in [5.41, 5.74) is 0.515. The molecule has 1 aromatic heterocycles. The van der Waals surface area contributed by atoms with E-state index in [-0.39, 0.29) is 42.0 Å². The number of alkyl halides is 2. The van der Waals surface area contributed by atoms with Gasteiger partial charge in [0.05, 0.1) is 18.2 Å². The quantitative estimate of drug-likeness (QED) is 0.199. The van der Waals surface area contributed by atoms with Crippen molar-refractivity contribution in [2.45, 2.75) is 20.1 Å². The second kappa shape index (κ2) is 14.0. The summed E-state index contributed by atoms with van der Waals surface area (Å²) >= 11 is 5.77. The summed E-state index contributed by atoms with van der Waals surface area (Å²) < 4.78 is 41.1. The van der Waals surface area contributed by atoms with E-state index < -0.39 is 6.61 Å². The fourth-order valence-corrected chi connectivity index (χ4v) is 2.48. The Hall–Kier alpha value is -2.08. The topological polar surface area (TPSA) is 77.0 Å². The molecule has 0 unspecified atom stereocenters. The Bertz CT molecular complexity index is 798. The molecular weight excluding hydrogens is 533 g/mol. The van der Waals surface area contributed by atoms with Gasteiger partial charge in [-0.25, -0.2) is 4.98 Å². The second-order valence-corrected chi connectivity index (χ2v) is 6.01. The molecule has 7 nitrogen and oxygen atoms in total. The van der Waals surface area contributed by atoms with Crippen molar-refractivity contribution in [2.24, 2.45) is 4.99 Å². The van der Waals surface area contributed by atoms with E-state index in [4.69, 9.17) is 21.1 Å². The van der Waals surface area contributed by atoms with Gasteiger partial charge in [-0.2, -0.15) is 8.78 Å². The van der Waals surface area contributed by atoms with Gasteiger partial charge in [-0.3, -0.25) is 4.99 Å². The van der Waals surface area contributed by atoms with Crippen LogP contribution in [0, 0.1) is 0 Å². The normalized spacial score (nSPS) is 10.9. The molecule has 2 rings (SSSR count). The third-order valence-electron chi connectivity index (χ3n) is 3.58. The largest absolute Gasteiger partial charge is 0.490 e. The number of nitrogens with zero attached hydrogens (tertiary/aromatic N) is 2. The first-order chi connectivity index (χ1) is 14.0. The smallest absolute Gasteiger partial charge is 0.387 e. The lowest BCUT2D eigenvalue weighted by atomic mass is 10.2. The molecule has 1 heterocycles. The van der Waals surface area contributed by atoms with Crippen molar-refractivity contribution in [3.05, 3.63) is 47.1 Å². The summed E-state index contributed by atoms with van der Waals surface area (Å²) in [5.74, 6) is 1.20. The van der Waals surface area contributed by atoms with E-state index in [0.29, 0.717) is 42.2 Å². The summed E-state index contributed by atoms with van der Waals surface area (Å²) in [7, 11) is 1.60. The molecule has 0 aliphatic rings. The number of rotatable bonds is 10. The molecule has 166 valence electrons. The third kappa shape index (κ3) is 8.74. The Morgan fingerprint density at radius 1 is 1.20 bits per heavy atom. The summed E-state index contributed by atoms with van der Waals surface area (Å²) in [4.78, 5) is 8.13. The van der Waals surface area contributed by atoms with Gasteiger partial charge in [0, 0.05) is 31.4 Å². The van der Waals surface area contributed by atoms with Crippen molar-refractivity contribution in [1.82, 2.24) is 15.6 Å². The lowest BCUT2D eigenvalue weighted by Gasteiger charge is -2.17. The molecule has 11 heteroatoms. The zero-order valence-corrected chi connectivity index (χ0v) is 19.6. The highest BCUT2D eigenvalue weighted by Gasteiger charge is 2.16. The van der Waals surface area contributed by atoms with Crippen LogP contribution in [0.2, 0.25) is 5.02 Å². The summed E-state index contributed by atoms with van der Waals surface area (Å²) in [6.45, 7) is 0.152. The number of hydrogen-bond donors (Lipinski definition) is 2. The van der Waals surface area contributed by atoms with Crippen molar-refractivity contribution in [1.29, 1.82) is 0 Å². The van der Waals surface area contributed by atoms with Crippen LogP contribution in [-0.2, 0) is 6.54 Å². The van der Waals surface area contributed by atoms with E-state index in [9.17, 15) is 8.78 Å². The van der Waals surface area contributed by atoms with Crippen LogP contribution in [0.4, 0.5) is 8.78 Å². The Balaban J connectivity index is 0.00000450. The van der Waals surface area contributed by atoms with Gasteiger partial charge in [-0.1, -0.05) is 23.7 Å². The van der Waals surface area contributed by atoms with Crippen LogP contribution < -0.4 is 24.8 Å². The number of pyridine rings is 1. The van der Waals surface area contributed by atoms with Crippen LogP contribution in [0.5, 0.6) is 17.4 Å². The van der Waals surface area contributed by atoms with Gasteiger partial charge in [-0.15, -0.1) is 24.0 Å². The minimum absolute atomic E-state index is 0. The van der Waals surface area contributed by atoms with E-state index in [1.54, 1.807) is 44.3 Å². The molecule has 0 atom stereocenters. The predicted molar refractivity (Wildman–Crippen MR) is 123 cm³/mol. The van der Waals surface area contributed by atoms with Gasteiger partial charge in [0.1, 0.15) is 6.61 Å². The first-order valence-corrected chi connectivity index (χ1v) is 9.29. The first kappa shape index (κ1) is 26.0. The average molecular weight is 557 g/mol. The van der Waals surface area contributed by atoms with Crippen molar-refractivity contribution in [3.8, 4) is 17.4 Å². The monoisotopic (exact) mass is 556 g/mol. The molecule has 2 aromatic rings. The molecular formula is C19H24ClF2IN4O3. The summed E-state index contributed by atoms with van der Waals surface area (Å²) in [6.07, 6.45) is 1.50. The number of benzene rings is 1. The fraction of sp³-hybridized carbons (Fsp3) is 0.368. The summed E-state index contributed by atoms with van der Waals surface area (Å²) in [6, 6.07) is 8.33. The van der Waals surface area contributed by atoms with E-state index in [2.05, 4.69) is 25.3 Å². The molecule has 0 spiro atoms. The number of hydrogen-bond acceptors (Lipinski definition) is 5. The fourth-order valence-electron chi connectivity index (χ4n) is 2.36. The van der Waals surface area contributed by atoms with E-state index in [0.717, 1.165) is 0 Å². The number of para-hydroxylation sites is 1. The van der Waals surface area contributed by atoms with Crippen molar-refractivity contribution in [2.75, 3.05) is 26.8 Å². The highest BCUT2D eigenvalue weighted by atomic mass is 127. The predicted octanol–water partition coefficient (Wildman–Crippen LogP) is 4.10. The first-order valence-electron chi connectivity index (χ1n) is 8.91. The van der Waals surface area contributed by atoms with Crippen LogP contribution in [0.15, 0.2) is 41.5 Å². The van der Waals surface area contributed by atoms with Crippen LogP contribution in [0.3, 0.4) is 0 Å². The summed E-state index contributed by atoms with van der Waals surface area (Å²) in [5, 5.41) is 6.64. The van der Waals surface area contributed by atoms with Crippen LogP contribution in [-0.4, -0.2) is 44.4 Å². The Morgan fingerprint density at radius 3 is 2.63 bits per heavy atom. The Labute approximate surface area is 196 Å². The van der Waals surface area contributed by atoms with Gasteiger partial charge in [0.25, 0.3) is 0 Å². The van der Waals surface area contributed by atoms with Crippen LogP contribution in [0.1, 0.15) is 12.5 Å². The molecule has 2 N–H and O–H groups in total. The number of aliphatic imine (C=N–C) groups is 1. The van der Waals surface area contributed by atoms with Gasteiger partial charge < -0.3 is 24.8 Å². The molecule has 0 saturated carbocycles. The van der Waals surface area contributed by atoms with Crippen LogP contribution in [0.25, 0.3) is 0 Å². The number of aromatic nitrogens is 1. The molecule has 0 fully saturated rings. The lowest BCUT2D eigenvalue weighted by molar-refractivity contribution is -0.0520. The van der Waals surface area contributed by atoms with Crippen molar-refractivity contribution in [3.63, 3.8) is 0 Å². The average Bonchev–Trinajstić information content (AvgIpc) is 2.70. The molecule has 0 saturated heterocycles. The second-order valence-electron chi connectivity index (χ2n) is 5.57. The van der Waals surface area contributed by atoms with Gasteiger partial charge >= 0.3 is 6.61 Å².